The van der Waals surface area contributed by atoms with Crippen LogP contribution < -0.4 is 4.90 Å². The monoisotopic (exact) mass is 551 g/mol. The maximum absolute atomic E-state index is 9.60. The SMILES string of the molecule is [2H]c1c([2H])c(-c2ccc3ccccc3c2)c([2H])c(N(c2ccc(-c3ccc4ccccc4c3)cc2)c2cccc3ccccc23)c1[2H]. The maximum Gasteiger partial charge on any atom is 0.0651 e. The summed E-state index contributed by atoms with van der Waals surface area (Å²) < 4.78 is 36.7. The molecule has 0 unspecified atom stereocenters. The van der Waals surface area contributed by atoms with Crippen LogP contribution >= 0.6 is 0 Å². The summed E-state index contributed by atoms with van der Waals surface area (Å²) in [5.74, 6) is 0. The Labute approximate surface area is 257 Å². The Balaban J connectivity index is 1.35. The topological polar surface area (TPSA) is 3.24 Å². The highest BCUT2D eigenvalue weighted by molar-refractivity contribution is 5.99. The molecule has 202 valence electrons. The van der Waals surface area contributed by atoms with Gasteiger partial charge in [0.25, 0.3) is 0 Å². The van der Waals surface area contributed by atoms with Crippen molar-refractivity contribution in [1.29, 1.82) is 0 Å². The van der Waals surface area contributed by atoms with Gasteiger partial charge in [-0.1, -0.05) is 133 Å². The van der Waals surface area contributed by atoms with Crippen molar-refractivity contribution >= 4 is 49.4 Å². The first-order chi connectivity index (χ1) is 23.0. The Bertz CT molecular complexity index is 2460. The van der Waals surface area contributed by atoms with Crippen LogP contribution in [0.15, 0.2) is 176 Å². The lowest BCUT2D eigenvalue weighted by Gasteiger charge is -2.27. The molecule has 0 atom stereocenters. The van der Waals surface area contributed by atoms with Gasteiger partial charge in [-0.25, -0.2) is 0 Å². The van der Waals surface area contributed by atoms with Gasteiger partial charge in [0.15, 0.2) is 0 Å². The van der Waals surface area contributed by atoms with E-state index >= 15 is 0 Å². The number of anilines is 3. The van der Waals surface area contributed by atoms with Gasteiger partial charge in [0.1, 0.15) is 0 Å². The fourth-order valence-electron chi connectivity index (χ4n) is 5.90. The molecule has 0 aliphatic carbocycles. The first-order valence-electron chi connectivity index (χ1n) is 16.4. The van der Waals surface area contributed by atoms with Gasteiger partial charge in [0, 0.05) is 16.8 Å². The second-order valence-corrected chi connectivity index (χ2v) is 10.7. The molecule has 0 bridgehead atoms. The van der Waals surface area contributed by atoms with Gasteiger partial charge in [-0.05, 0) is 91.6 Å². The molecule has 0 spiro atoms. The van der Waals surface area contributed by atoms with Gasteiger partial charge < -0.3 is 4.90 Å². The molecule has 0 N–H and O–H groups in total. The van der Waals surface area contributed by atoms with Crippen molar-refractivity contribution in [3.63, 3.8) is 0 Å². The van der Waals surface area contributed by atoms with E-state index in [-0.39, 0.29) is 29.9 Å². The van der Waals surface area contributed by atoms with Crippen molar-refractivity contribution in [2.45, 2.75) is 0 Å². The minimum Gasteiger partial charge on any atom is -0.310 e. The number of hydrogen-bond acceptors (Lipinski definition) is 1. The molecule has 8 aromatic carbocycles. The molecule has 0 saturated heterocycles. The maximum atomic E-state index is 9.60. The summed E-state index contributed by atoms with van der Waals surface area (Å²) in [5, 5.41) is 6.39. The summed E-state index contributed by atoms with van der Waals surface area (Å²) in [7, 11) is 0. The second-order valence-electron chi connectivity index (χ2n) is 10.7. The van der Waals surface area contributed by atoms with Crippen LogP contribution in [0.2, 0.25) is 0 Å². The number of nitrogens with zero attached hydrogens (tertiary/aromatic N) is 1. The molecule has 0 aromatic heterocycles. The van der Waals surface area contributed by atoms with E-state index in [2.05, 4.69) is 42.5 Å². The molecule has 1 heteroatoms. The summed E-state index contributed by atoms with van der Waals surface area (Å²) in [5.41, 5.74) is 4.99. The molecule has 8 aromatic rings. The van der Waals surface area contributed by atoms with Crippen LogP contribution in [0.1, 0.15) is 5.48 Å². The van der Waals surface area contributed by atoms with Crippen LogP contribution in [0.4, 0.5) is 17.1 Å². The molecule has 43 heavy (non-hydrogen) atoms. The molecule has 0 fully saturated rings. The molecular weight excluding hydrogens is 518 g/mol. The predicted molar refractivity (Wildman–Crippen MR) is 185 cm³/mol. The molecule has 0 heterocycles. The van der Waals surface area contributed by atoms with Crippen molar-refractivity contribution in [2.75, 3.05) is 4.90 Å². The third-order valence-corrected chi connectivity index (χ3v) is 8.09. The van der Waals surface area contributed by atoms with E-state index in [9.17, 15) is 2.74 Å². The van der Waals surface area contributed by atoms with Gasteiger partial charge in [-0.3, -0.25) is 0 Å². The first-order valence-corrected chi connectivity index (χ1v) is 14.4. The highest BCUT2D eigenvalue weighted by atomic mass is 15.1. The number of benzene rings is 8. The van der Waals surface area contributed by atoms with E-state index in [1.165, 1.54) is 10.8 Å². The summed E-state index contributed by atoms with van der Waals surface area (Å²) in [4.78, 5) is 1.92. The Morgan fingerprint density at radius 3 is 1.65 bits per heavy atom. The van der Waals surface area contributed by atoms with Crippen molar-refractivity contribution in [2.24, 2.45) is 0 Å². The molecule has 0 aliphatic heterocycles. The smallest absolute Gasteiger partial charge is 0.0651 e. The fourth-order valence-corrected chi connectivity index (χ4v) is 5.90. The summed E-state index contributed by atoms with van der Waals surface area (Å²) >= 11 is 0. The molecule has 1 nitrogen and oxygen atoms in total. The van der Waals surface area contributed by atoms with Crippen molar-refractivity contribution < 1.29 is 5.48 Å². The minimum absolute atomic E-state index is 0.0396. The molecular formula is C42H29N. The van der Waals surface area contributed by atoms with Crippen LogP contribution in [0, 0.1) is 0 Å². The lowest BCUT2D eigenvalue weighted by Crippen LogP contribution is -2.10. The number of rotatable bonds is 5. The van der Waals surface area contributed by atoms with Crippen molar-refractivity contribution in [3.05, 3.63) is 176 Å². The fraction of sp³-hybridized carbons (Fsp3) is 0. The normalized spacial score (nSPS) is 12.6. The third kappa shape index (κ3) is 4.71. The Morgan fingerprint density at radius 1 is 0.395 bits per heavy atom. The Morgan fingerprint density at radius 2 is 0.953 bits per heavy atom. The average Bonchev–Trinajstić information content (AvgIpc) is 3.12. The largest absolute Gasteiger partial charge is 0.310 e. The van der Waals surface area contributed by atoms with Gasteiger partial charge in [0.05, 0.1) is 11.2 Å². The van der Waals surface area contributed by atoms with Crippen LogP contribution in [0.5, 0.6) is 0 Å². The van der Waals surface area contributed by atoms with E-state index in [0.29, 0.717) is 11.1 Å². The number of fused-ring (bicyclic) bond motifs is 3. The van der Waals surface area contributed by atoms with Gasteiger partial charge in [0.2, 0.25) is 0 Å². The summed E-state index contributed by atoms with van der Waals surface area (Å²) in [6.07, 6.45) is 0. The lowest BCUT2D eigenvalue weighted by molar-refractivity contribution is 1.30. The zero-order valence-electron chi connectivity index (χ0n) is 27.4. The van der Waals surface area contributed by atoms with Crippen LogP contribution in [-0.4, -0.2) is 0 Å². The quantitative estimate of drug-likeness (QED) is 0.206. The second kappa shape index (κ2) is 10.6. The van der Waals surface area contributed by atoms with E-state index in [1.807, 2.05) is 114 Å². The highest BCUT2D eigenvalue weighted by Gasteiger charge is 2.16. The van der Waals surface area contributed by atoms with Gasteiger partial charge >= 0.3 is 0 Å². The Kier molecular flexibility index (Phi) is 5.22. The predicted octanol–water partition coefficient (Wildman–Crippen LogP) is 11.9. The summed E-state index contributed by atoms with van der Waals surface area (Å²) in [6.45, 7) is 0. The van der Waals surface area contributed by atoms with Gasteiger partial charge in [-0.2, -0.15) is 0 Å². The highest BCUT2D eigenvalue weighted by Crippen LogP contribution is 2.41. The zero-order chi connectivity index (χ0) is 32.1. The van der Waals surface area contributed by atoms with Crippen LogP contribution in [0.3, 0.4) is 0 Å². The average molecular weight is 552 g/mol. The van der Waals surface area contributed by atoms with E-state index in [4.69, 9.17) is 2.74 Å². The van der Waals surface area contributed by atoms with Crippen LogP contribution in [-0.2, 0) is 0 Å². The van der Waals surface area contributed by atoms with E-state index in [1.54, 1.807) is 0 Å². The molecule has 0 saturated carbocycles. The number of hydrogen-bond donors (Lipinski definition) is 0. The summed E-state index contributed by atoms with van der Waals surface area (Å²) in [6, 6.07) is 50.4. The molecule has 0 aliphatic rings. The standard InChI is InChI=1S/C42H29N/c1-3-12-34-27-37(21-19-30(34)9-1)32-23-25-39(26-24-32)43(42-18-8-14-33-11-5-6-17-41(33)42)40-16-7-15-36(29-40)38-22-20-31-10-2-4-13-35(31)28-38/h1-29H/i7D,15D,16D,29D. The van der Waals surface area contributed by atoms with Crippen molar-refractivity contribution in [1.82, 2.24) is 0 Å². The Hall–Kier alpha value is -5.66. The molecule has 0 amide bonds. The lowest BCUT2D eigenvalue weighted by atomic mass is 9.99. The third-order valence-electron chi connectivity index (χ3n) is 8.09. The zero-order valence-corrected chi connectivity index (χ0v) is 23.4. The van der Waals surface area contributed by atoms with E-state index < -0.39 is 0 Å². The van der Waals surface area contributed by atoms with Crippen LogP contribution in [0.25, 0.3) is 54.6 Å². The van der Waals surface area contributed by atoms with E-state index in [0.717, 1.165) is 44.0 Å². The molecule has 0 radical (unpaired) electrons. The minimum atomic E-state index is -0.211. The first kappa shape index (κ1) is 21.1. The van der Waals surface area contributed by atoms with Crippen molar-refractivity contribution in [3.8, 4) is 22.3 Å². The molecule has 8 rings (SSSR count). The van der Waals surface area contributed by atoms with Gasteiger partial charge in [-0.15, -0.1) is 0 Å².